The molecule has 0 fully saturated rings. The zero-order chi connectivity index (χ0) is 15.4. The Morgan fingerprint density at radius 2 is 1.81 bits per heavy atom. The third-order valence-corrected chi connectivity index (χ3v) is 3.36. The van der Waals surface area contributed by atoms with Crippen molar-refractivity contribution in [1.82, 2.24) is 0 Å². The van der Waals surface area contributed by atoms with Crippen LogP contribution in [0.1, 0.15) is 17.2 Å². The van der Waals surface area contributed by atoms with Gasteiger partial charge in [0.05, 0.1) is 0 Å². The van der Waals surface area contributed by atoms with Crippen molar-refractivity contribution in [2.45, 2.75) is 13.0 Å². The number of rotatable bonds is 5. The first kappa shape index (κ1) is 14.9. The van der Waals surface area contributed by atoms with E-state index in [-0.39, 0.29) is 0 Å². The van der Waals surface area contributed by atoms with E-state index in [0.29, 0.717) is 0 Å². The first-order chi connectivity index (χ1) is 9.97. The van der Waals surface area contributed by atoms with Crippen LogP contribution in [-0.2, 0) is 4.79 Å². The van der Waals surface area contributed by atoms with Crippen LogP contribution in [0.25, 0.3) is 0 Å². The summed E-state index contributed by atoms with van der Waals surface area (Å²) in [6.07, 6.45) is 0. The maximum Gasteiger partial charge on any atom is 0.244 e. The minimum absolute atomic E-state index is 0.394. The van der Waals surface area contributed by atoms with Crippen molar-refractivity contribution in [1.29, 1.82) is 0 Å². The predicted octanol–water partition coefficient (Wildman–Crippen LogP) is 2.70. The number of nitrogens with two attached hydrogens (primary N) is 1. The molecule has 0 aliphatic heterocycles. The molecule has 0 aliphatic rings. The highest BCUT2D eigenvalue weighted by molar-refractivity contribution is 5.84. The van der Waals surface area contributed by atoms with Crippen LogP contribution in [0.15, 0.2) is 48.5 Å². The second kappa shape index (κ2) is 6.31. The van der Waals surface area contributed by atoms with Gasteiger partial charge in [0, 0.05) is 25.5 Å². The van der Waals surface area contributed by atoms with Crippen molar-refractivity contribution < 1.29 is 4.79 Å². The van der Waals surface area contributed by atoms with Crippen LogP contribution in [-0.4, -0.2) is 20.0 Å². The summed E-state index contributed by atoms with van der Waals surface area (Å²) in [6, 6.07) is 15.1. The molecule has 0 saturated heterocycles. The van der Waals surface area contributed by atoms with E-state index in [4.69, 9.17) is 5.73 Å². The number of hydrogen-bond donors (Lipinski definition) is 2. The lowest BCUT2D eigenvalue weighted by atomic mass is 10.0. The number of nitrogens with zero attached hydrogens (tertiary/aromatic N) is 1. The van der Waals surface area contributed by atoms with Crippen LogP contribution < -0.4 is 16.0 Å². The molecule has 3 N–H and O–H groups in total. The molecule has 0 radical (unpaired) electrons. The Morgan fingerprint density at radius 3 is 2.33 bits per heavy atom. The molecule has 0 bridgehead atoms. The van der Waals surface area contributed by atoms with Crippen molar-refractivity contribution in [3.05, 3.63) is 59.7 Å². The van der Waals surface area contributed by atoms with Crippen LogP contribution in [0.5, 0.6) is 0 Å². The van der Waals surface area contributed by atoms with E-state index in [0.717, 1.165) is 22.5 Å². The molecule has 2 rings (SSSR count). The van der Waals surface area contributed by atoms with E-state index in [9.17, 15) is 4.79 Å². The molecule has 4 heteroatoms. The average Bonchev–Trinajstić information content (AvgIpc) is 2.44. The van der Waals surface area contributed by atoms with Crippen LogP contribution in [0.2, 0.25) is 0 Å². The molecule has 0 aromatic heterocycles. The molecule has 0 saturated carbocycles. The van der Waals surface area contributed by atoms with Crippen LogP contribution in [0.4, 0.5) is 11.4 Å². The fourth-order valence-electron chi connectivity index (χ4n) is 2.19. The number of benzene rings is 2. The van der Waals surface area contributed by atoms with Crippen LogP contribution >= 0.6 is 0 Å². The molecular weight excluding hydrogens is 262 g/mol. The second-order valence-corrected chi connectivity index (χ2v) is 5.34. The summed E-state index contributed by atoms with van der Waals surface area (Å²) in [6.45, 7) is 2.01. The molecule has 1 atom stereocenters. The highest BCUT2D eigenvalue weighted by Gasteiger charge is 2.17. The maximum absolute atomic E-state index is 11.8. The summed E-state index contributed by atoms with van der Waals surface area (Å²) in [5, 5.41) is 3.20. The van der Waals surface area contributed by atoms with Crippen molar-refractivity contribution in [3.63, 3.8) is 0 Å². The molecule has 1 unspecified atom stereocenters. The summed E-state index contributed by atoms with van der Waals surface area (Å²) >= 11 is 0. The average molecular weight is 283 g/mol. The van der Waals surface area contributed by atoms with Crippen molar-refractivity contribution in [2.75, 3.05) is 24.3 Å². The Bertz CT molecular complexity index is 620. The van der Waals surface area contributed by atoms with Gasteiger partial charge in [0.1, 0.15) is 6.04 Å². The van der Waals surface area contributed by atoms with Gasteiger partial charge in [-0.25, -0.2) is 0 Å². The van der Waals surface area contributed by atoms with Gasteiger partial charge >= 0.3 is 0 Å². The largest absolute Gasteiger partial charge is 0.378 e. The Morgan fingerprint density at radius 1 is 1.14 bits per heavy atom. The number of primary amides is 1. The number of anilines is 2. The lowest BCUT2D eigenvalue weighted by Crippen LogP contribution is -2.27. The molecule has 1 amide bonds. The lowest BCUT2D eigenvalue weighted by Gasteiger charge is -2.19. The Kier molecular flexibility index (Phi) is 4.48. The summed E-state index contributed by atoms with van der Waals surface area (Å²) in [7, 11) is 3.96. The topological polar surface area (TPSA) is 58.4 Å². The Hall–Kier alpha value is -2.49. The number of amides is 1. The second-order valence-electron chi connectivity index (χ2n) is 5.34. The van der Waals surface area contributed by atoms with Gasteiger partial charge in [-0.3, -0.25) is 4.79 Å². The molecule has 4 nitrogen and oxygen atoms in total. The minimum Gasteiger partial charge on any atom is -0.378 e. The van der Waals surface area contributed by atoms with E-state index in [1.165, 1.54) is 0 Å². The third-order valence-electron chi connectivity index (χ3n) is 3.36. The monoisotopic (exact) mass is 283 g/mol. The fourth-order valence-corrected chi connectivity index (χ4v) is 2.19. The van der Waals surface area contributed by atoms with Crippen molar-refractivity contribution in [3.8, 4) is 0 Å². The maximum atomic E-state index is 11.8. The quantitative estimate of drug-likeness (QED) is 0.887. The summed E-state index contributed by atoms with van der Waals surface area (Å²) < 4.78 is 0. The Balaban J connectivity index is 2.24. The summed E-state index contributed by atoms with van der Waals surface area (Å²) in [4.78, 5) is 13.8. The van der Waals surface area contributed by atoms with E-state index >= 15 is 0 Å². The molecular formula is C17H21N3O. The highest BCUT2D eigenvalue weighted by Crippen LogP contribution is 2.22. The van der Waals surface area contributed by atoms with Gasteiger partial charge < -0.3 is 16.0 Å². The highest BCUT2D eigenvalue weighted by atomic mass is 16.1. The standard InChI is InChI=1S/C17H21N3O/c1-12-5-4-6-14(11-12)19-16(17(18)21)13-7-9-15(10-8-13)20(2)3/h4-11,16,19H,1-3H3,(H2,18,21). The zero-order valence-corrected chi connectivity index (χ0v) is 12.6. The van der Waals surface area contributed by atoms with E-state index in [1.807, 2.05) is 74.4 Å². The first-order valence-electron chi connectivity index (χ1n) is 6.87. The molecule has 0 spiro atoms. The molecule has 2 aromatic rings. The van der Waals surface area contributed by atoms with Gasteiger partial charge in [-0.15, -0.1) is 0 Å². The van der Waals surface area contributed by atoms with Crippen molar-refractivity contribution in [2.24, 2.45) is 5.73 Å². The van der Waals surface area contributed by atoms with Gasteiger partial charge in [-0.05, 0) is 42.3 Å². The summed E-state index contributed by atoms with van der Waals surface area (Å²) in [5.41, 5.74) is 9.49. The fraction of sp³-hybridized carbons (Fsp3) is 0.235. The van der Waals surface area contributed by atoms with E-state index < -0.39 is 11.9 Å². The normalized spacial score (nSPS) is 11.8. The van der Waals surface area contributed by atoms with Gasteiger partial charge in [0.2, 0.25) is 5.91 Å². The molecule has 0 aliphatic carbocycles. The van der Waals surface area contributed by atoms with Crippen LogP contribution in [0, 0.1) is 6.92 Å². The number of carbonyl (C=O) groups is 1. The van der Waals surface area contributed by atoms with E-state index in [1.54, 1.807) is 0 Å². The van der Waals surface area contributed by atoms with Gasteiger partial charge in [-0.1, -0.05) is 24.3 Å². The SMILES string of the molecule is Cc1cccc(NC(C(N)=O)c2ccc(N(C)C)cc2)c1. The van der Waals surface area contributed by atoms with Gasteiger partial charge in [-0.2, -0.15) is 0 Å². The third kappa shape index (κ3) is 3.75. The lowest BCUT2D eigenvalue weighted by molar-refractivity contribution is -0.118. The van der Waals surface area contributed by atoms with Gasteiger partial charge in [0.15, 0.2) is 0 Å². The molecule has 0 heterocycles. The molecule has 2 aromatic carbocycles. The molecule has 21 heavy (non-hydrogen) atoms. The van der Waals surface area contributed by atoms with Crippen LogP contribution in [0.3, 0.4) is 0 Å². The molecule has 110 valence electrons. The number of hydrogen-bond acceptors (Lipinski definition) is 3. The number of carbonyl (C=O) groups excluding carboxylic acids is 1. The number of aryl methyl sites for hydroxylation is 1. The van der Waals surface area contributed by atoms with Crippen molar-refractivity contribution >= 4 is 17.3 Å². The smallest absolute Gasteiger partial charge is 0.244 e. The summed E-state index contributed by atoms with van der Waals surface area (Å²) in [5.74, 6) is -0.394. The number of nitrogens with one attached hydrogen (secondary N) is 1. The minimum atomic E-state index is -0.539. The zero-order valence-electron chi connectivity index (χ0n) is 12.6. The van der Waals surface area contributed by atoms with Gasteiger partial charge in [0.25, 0.3) is 0 Å². The van der Waals surface area contributed by atoms with E-state index in [2.05, 4.69) is 5.32 Å². The first-order valence-corrected chi connectivity index (χ1v) is 6.87. The Labute approximate surface area is 125 Å². The predicted molar refractivity (Wildman–Crippen MR) is 87.5 cm³/mol.